The number of likely N-dealkylation sites (tertiary alicyclic amines) is 1. The molecule has 1 saturated heterocycles. The van der Waals surface area contributed by atoms with Crippen LogP contribution >= 0.6 is 12.2 Å². The molecule has 5 nitrogen and oxygen atoms in total. The zero-order chi connectivity index (χ0) is 14.0. The molecule has 1 aliphatic heterocycles. The molecule has 1 amide bonds. The van der Waals surface area contributed by atoms with E-state index in [1.54, 1.807) is 4.68 Å². The largest absolute Gasteiger partial charge is 0.393 e. The minimum Gasteiger partial charge on any atom is -0.393 e. The second kappa shape index (κ2) is 5.69. The maximum atomic E-state index is 12.4. The Balaban J connectivity index is 2.05. The van der Waals surface area contributed by atoms with Crippen LogP contribution in [-0.2, 0) is 13.5 Å². The third-order valence-electron chi connectivity index (χ3n) is 3.70. The minimum atomic E-state index is 0.0519. The number of aryl methyl sites for hydroxylation is 2. The maximum Gasteiger partial charge on any atom is 0.272 e. The van der Waals surface area contributed by atoms with E-state index in [1.165, 1.54) is 0 Å². The van der Waals surface area contributed by atoms with Crippen molar-refractivity contribution in [3.63, 3.8) is 0 Å². The molecule has 0 bridgehead atoms. The van der Waals surface area contributed by atoms with Crippen molar-refractivity contribution in [1.29, 1.82) is 0 Å². The fourth-order valence-corrected chi connectivity index (χ4v) is 2.66. The molecule has 2 heterocycles. The van der Waals surface area contributed by atoms with E-state index in [-0.39, 0.29) is 11.8 Å². The molecule has 1 fully saturated rings. The Morgan fingerprint density at radius 3 is 2.63 bits per heavy atom. The van der Waals surface area contributed by atoms with Gasteiger partial charge in [-0.15, -0.1) is 0 Å². The second-order valence-electron chi connectivity index (χ2n) is 4.97. The standard InChI is InChI=1S/C13H20N4OS/c1-3-10-8-11(16(2)15-10)13(18)17-6-4-9(5-7-17)12(14)19/h8-9H,3-7H2,1-2H3,(H2,14,19). The molecule has 0 saturated carbocycles. The zero-order valence-electron chi connectivity index (χ0n) is 11.4. The van der Waals surface area contributed by atoms with Gasteiger partial charge in [-0.25, -0.2) is 0 Å². The first-order chi connectivity index (χ1) is 9.02. The smallest absolute Gasteiger partial charge is 0.272 e. The number of amides is 1. The highest BCUT2D eigenvalue weighted by Crippen LogP contribution is 2.19. The first-order valence-electron chi connectivity index (χ1n) is 6.64. The number of nitrogens with two attached hydrogens (primary N) is 1. The molecule has 0 spiro atoms. The number of carbonyl (C=O) groups excluding carboxylic acids is 1. The highest BCUT2D eigenvalue weighted by molar-refractivity contribution is 7.80. The van der Waals surface area contributed by atoms with Gasteiger partial charge in [-0.3, -0.25) is 9.48 Å². The fraction of sp³-hybridized carbons (Fsp3) is 0.615. The SMILES string of the molecule is CCc1cc(C(=O)N2CCC(C(N)=S)CC2)n(C)n1. The normalized spacial score (nSPS) is 16.6. The molecule has 1 aromatic heterocycles. The fourth-order valence-electron chi connectivity index (χ4n) is 2.43. The lowest BCUT2D eigenvalue weighted by Gasteiger charge is -2.31. The molecule has 1 aromatic rings. The number of nitrogens with zero attached hydrogens (tertiary/aromatic N) is 3. The summed E-state index contributed by atoms with van der Waals surface area (Å²) in [6.07, 6.45) is 2.56. The lowest BCUT2D eigenvalue weighted by atomic mass is 9.97. The number of hydrogen-bond donors (Lipinski definition) is 1. The van der Waals surface area contributed by atoms with Gasteiger partial charge in [0.05, 0.1) is 10.7 Å². The number of piperidine rings is 1. The summed E-state index contributed by atoms with van der Waals surface area (Å²) in [6, 6.07) is 1.88. The van der Waals surface area contributed by atoms with Gasteiger partial charge in [0.15, 0.2) is 0 Å². The molecule has 0 aliphatic carbocycles. The van der Waals surface area contributed by atoms with Crippen LogP contribution in [0.5, 0.6) is 0 Å². The Hall–Kier alpha value is -1.43. The van der Waals surface area contributed by atoms with Gasteiger partial charge in [0.2, 0.25) is 0 Å². The predicted octanol–water partition coefficient (Wildman–Crippen LogP) is 1.12. The van der Waals surface area contributed by atoms with E-state index < -0.39 is 0 Å². The van der Waals surface area contributed by atoms with Gasteiger partial charge >= 0.3 is 0 Å². The number of thiocarbonyl (C=S) groups is 1. The minimum absolute atomic E-state index is 0.0519. The second-order valence-corrected chi connectivity index (χ2v) is 5.44. The van der Waals surface area contributed by atoms with Gasteiger partial charge in [-0.1, -0.05) is 19.1 Å². The van der Waals surface area contributed by atoms with Crippen LogP contribution in [0.25, 0.3) is 0 Å². The lowest BCUT2D eigenvalue weighted by Crippen LogP contribution is -2.41. The van der Waals surface area contributed by atoms with Crippen molar-refractivity contribution in [2.45, 2.75) is 26.2 Å². The van der Waals surface area contributed by atoms with E-state index in [1.807, 2.05) is 24.9 Å². The molecule has 0 unspecified atom stereocenters. The number of carbonyl (C=O) groups is 1. The van der Waals surface area contributed by atoms with Crippen LogP contribution in [0.4, 0.5) is 0 Å². The van der Waals surface area contributed by atoms with Crippen molar-refractivity contribution < 1.29 is 4.79 Å². The molecular formula is C13H20N4OS. The van der Waals surface area contributed by atoms with Gasteiger partial charge in [0.1, 0.15) is 5.69 Å². The highest BCUT2D eigenvalue weighted by Gasteiger charge is 2.26. The Kier molecular flexibility index (Phi) is 4.19. The van der Waals surface area contributed by atoms with E-state index in [9.17, 15) is 4.79 Å². The van der Waals surface area contributed by atoms with Crippen molar-refractivity contribution in [2.24, 2.45) is 18.7 Å². The third-order valence-corrected chi connectivity index (χ3v) is 4.03. The number of rotatable bonds is 3. The van der Waals surface area contributed by atoms with E-state index in [0.717, 1.165) is 25.0 Å². The van der Waals surface area contributed by atoms with E-state index in [0.29, 0.717) is 23.8 Å². The Morgan fingerprint density at radius 2 is 2.16 bits per heavy atom. The summed E-state index contributed by atoms with van der Waals surface area (Å²) < 4.78 is 1.67. The average molecular weight is 280 g/mol. The van der Waals surface area contributed by atoms with Gasteiger partial charge in [0.25, 0.3) is 5.91 Å². The summed E-state index contributed by atoms with van der Waals surface area (Å²) >= 11 is 5.01. The van der Waals surface area contributed by atoms with Crippen molar-refractivity contribution >= 4 is 23.1 Å². The maximum absolute atomic E-state index is 12.4. The van der Waals surface area contributed by atoms with Gasteiger partial charge < -0.3 is 10.6 Å². The Bertz CT molecular complexity index is 489. The van der Waals surface area contributed by atoms with Crippen LogP contribution in [0.3, 0.4) is 0 Å². The van der Waals surface area contributed by atoms with Crippen LogP contribution < -0.4 is 5.73 Å². The summed E-state index contributed by atoms with van der Waals surface area (Å²) in [6.45, 7) is 3.46. The molecule has 6 heteroatoms. The topological polar surface area (TPSA) is 64.2 Å². The summed E-state index contributed by atoms with van der Waals surface area (Å²) in [5.74, 6) is 0.327. The molecule has 104 valence electrons. The lowest BCUT2D eigenvalue weighted by molar-refractivity contribution is 0.0699. The van der Waals surface area contributed by atoms with Crippen LogP contribution in [0.15, 0.2) is 6.07 Å². The van der Waals surface area contributed by atoms with Crippen LogP contribution in [-0.4, -0.2) is 38.7 Å². The molecule has 2 N–H and O–H groups in total. The quantitative estimate of drug-likeness (QED) is 0.843. The van der Waals surface area contributed by atoms with Gasteiger partial charge in [-0.05, 0) is 25.3 Å². The van der Waals surface area contributed by atoms with E-state index in [4.69, 9.17) is 18.0 Å². The average Bonchev–Trinajstić information content (AvgIpc) is 2.79. The van der Waals surface area contributed by atoms with Crippen LogP contribution in [0.1, 0.15) is 35.9 Å². The molecule has 0 aromatic carbocycles. The van der Waals surface area contributed by atoms with Gasteiger partial charge in [0, 0.05) is 26.1 Å². The van der Waals surface area contributed by atoms with E-state index in [2.05, 4.69) is 5.10 Å². The monoisotopic (exact) mass is 280 g/mol. The summed E-state index contributed by atoms with van der Waals surface area (Å²) in [5.41, 5.74) is 7.27. The van der Waals surface area contributed by atoms with Crippen LogP contribution in [0, 0.1) is 5.92 Å². The van der Waals surface area contributed by atoms with Crippen LogP contribution in [0.2, 0.25) is 0 Å². The summed E-state index contributed by atoms with van der Waals surface area (Å²) in [5, 5.41) is 4.32. The molecular weight excluding hydrogens is 260 g/mol. The zero-order valence-corrected chi connectivity index (χ0v) is 12.2. The molecule has 2 rings (SSSR count). The third kappa shape index (κ3) is 2.94. The molecule has 0 atom stereocenters. The highest BCUT2D eigenvalue weighted by atomic mass is 32.1. The molecule has 0 radical (unpaired) electrons. The van der Waals surface area contributed by atoms with Crippen molar-refractivity contribution in [1.82, 2.24) is 14.7 Å². The Labute approximate surface area is 118 Å². The summed E-state index contributed by atoms with van der Waals surface area (Å²) in [4.78, 5) is 14.9. The molecule has 1 aliphatic rings. The molecule has 19 heavy (non-hydrogen) atoms. The van der Waals surface area contributed by atoms with Gasteiger partial charge in [-0.2, -0.15) is 5.10 Å². The first-order valence-corrected chi connectivity index (χ1v) is 7.05. The van der Waals surface area contributed by atoms with E-state index >= 15 is 0 Å². The van der Waals surface area contributed by atoms with Crippen molar-refractivity contribution in [3.05, 3.63) is 17.5 Å². The van der Waals surface area contributed by atoms with Crippen molar-refractivity contribution in [2.75, 3.05) is 13.1 Å². The summed E-state index contributed by atoms with van der Waals surface area (Å²) in [7, 11) is 1.81. The Morgan fingerprint density at radius 1 is 1.53 bits per heavy atom. The first kappa shape index (κ1) is 14.0. The number of aromatic nitrogens is 2. The van der Waals surface area contributed by atoms with Crippen molar-refractivity contribution in [3.8, 4) is 0 Å². The number of hydrogen-bond acceptors (Lipinski definition) is 3. The predicted molar refractivity (Wildman–Crippen MR) is 78.0 cm³/mol.